The fourth-order valence-electron chi connectivity index (χ4n) is 11.8. The molecule has 13 rings (SSSR count). The molecule has 0 atom stereocenters. The van der Waals surface area contributed by atoms with Crippen LogP contribution in [0.25, 0.3) is 50.1 Å². The number of fused-ring (bicyclic) bond motifs is 20. The molecule has 0 N–H and O–H groups in total. The Kier molecular flexibility index (Phi) is 6.72. The molecule has 9 aromatic rings. The molecule has 0 unspecified atom stereocenters. The summed E-state index contributed by atoms with van der Waals surface area (Å²) < 4.78 is 0. The Morgan fingerprint density at radius 2 is 0.583 bits per heavy atom. The minimum absolute atomic E-state index is 0.439. The average molecular weight is 762 g/mol. The van der Waals surface area contributed by atoms with E-state index in [4.69, 9.17) is 0 Å². The first kappa shape index (κ1) is 33.5. The van der Waals surface area contributed by atoms with E-state index in [0.29, 0.717) is 0 Å². The zero-order valence-electron chi connectivity index (χ0n) is 33.3. The molecule has 0 saturated heterocycles. The smallest absolute Gasteiger partial charge is 0.0726 e. The molecule has 1 nitrogen and oxygen atoms in total. The summed E-state index contributed by atoms with van der Waals surface area (Å²) in [5, 5.41) is 0. The van der Waals surface area contributed by atoms with Gasteiger partial charge in [0.05, 0.1) is 10.8 Å². The molecule has 0 fully saturated rings. The van der Waals surface area contributed by atoms with Gasteiger partial charge in [-0.25, -0.2) is 0 Å². The van der Waals surface area contributed by atoms with Crippen LogP contribution in [-0.4, -0.2) is 0 Å². The Labute approximate surface area is 351 Å². The van der Waals surface area contributed by atoms with Gasteiger partial charge in [-0.05, 0) is 138 Å². The van der Waals surface area contributed by atoms with Crippen LogP contribution in [0.1, 0.15) is 57.0 Å². The molecule has 0 aliphatic heterocycles. The van der Waals surface area contributed by atoms with E-state index >= 15 is 0 Å². The molecule has 60 heavy (non-hydrogen) atoms. The molecular weight excluding hydrogens is 723 g/mol. The van der Waals surface area contributed by atoms with Crippen LogP contribution in [0.4, 0.5) is 17.1 Å². The lowest BCUT2D eigenvalue weighted by Crippen LogP contribution is -2.26. The number of allylic oxidation sites excluding steroid dienone is 1. The van der Waals surface area contributed by atoms with Crippen LogP contribution < -0.4 is 4.90 Å². The van der Waals surface area contributed by atoms with Gasteiger partial charge >= 0.3 is 0 Å². The van der Waals surface area contributed by atoms with E-state index in [-0.39, 0.29) is 0 Å². The van der Waals surface area contributed by atoms with Crippen molar-refractivity contribution in [3.05, 3.63) is 263 Å². The first-order valence-electron chi connectivity index (χ1n) is 21.0. The highest BCUT2D eigenvalue weighted by atomic mass is 15.1. The average Bonchev–Trinajstić information content (AvgIpc) is 3.98. The number of benzene rings is 9. The third kappa shape index (κ3) is 4.07. The molecule has 0 aromatic heterocycles. The molecular formula is C59H39N. The summed E-state index contributed by atoms with van der Waals surface area (Å²) in [7, 11) is 0. The standard InChI is InChI=1S/C59H39N/c1-37(2)38-27-29-39(30-28-38)60(40-31-33-48-46-19-7-13-25-54(46)58(56(48)35-40)50-21-9-3-15-42(50)43-16-4-10-22-51(43)58)41-32-34-49-47-20-8-14-26-55(47)59(57(49)36-41)52-23-11-5-17-44(52)45-18-6-12-24-53(45)59/h3-36H,1H2,2H3. The molecule has 0 bridgehead atoms. The van der Waals surface area contributed by atoms with Crippen LogP contribution in [0, 0.1) is 0 Å². The Balaban J connectivity index is 1.09. The summed E-state index contributed by atoms with van der Waals surface area (Å²) in [4.78, 5) is 2.48. The summed E-state index contributed by atoms with van der Waals surface area (Å²) >= 11 is 0. The second-order valence-corrected chi connectivity index (χ2v) is 16.9. The number of hydrogen-bond donors (Lipinski definition) is 0. The molecule has 0 radical (unpaired) electrons. The van der Waals surface area contributed by atoms with Crippen LogP contribution in [0.15, 0.2) is 213 Å². The Morgan fingerprint density at radius 3 is 0.883 bits per heavy atom. The van der Waals surface area contributed by atoms with Crippen LogP contribution >= 0.6 is 0 Å². The van der Waals surface area contributed by atoms with Crippen molar-refractivity contribution in [2.24, 2.45) is 0 Å². The quantitative estimate of drug-likeness (QED) is 0.173. The zero-order valence-corrected chi connectivity index (χ0v) is 33.3. The summed E-state index contributed by atoms with van der Waals surface area (Å²) in [5.74, 6) is 0. The van der Waals surface area contributed by atoms with Gasteiger partial charge in [0.1, 0.15) is 0 Å². The van der Waals surface area contributed by atoms with Crippen molar-refractivity contribution in [3.8, 4) is 44.5 Å². The van der Waals surface area contributed by atoms with Gasteiger partial charge in [-0.3, -0.25) is 0 Å². The SMILES string of the molecule is C=C(C)c1ccc(N(c2ccc3c(c2)C2(c4ccccc4-c4ccccc42)c2ccccc2-3)c2ccc3c(c2)C2(c4ccccc4-c4ccccc42)c2ccccc2-3)cc1. The minimum Gasteiger partial charge on any atom is -0.310 e. The summed E-state index contributed by atoms with van der Waals surface area (Å²) in [6.45, 7) is 6.36. The maximum absolute atomic E-state index is 4.28. The second-order valence-electron chi connectivity index (χ2n) is 16.9. The van der Waals surface area contributed by atoms with Crippen molar-refractivity contribution >= 4 is 22.6 Å². The first-order chi connectivity index (χ1) is 29.6. The first-order valence-corrected chi connectivity index (χ1v) is 21.0. The fraction of sp³-hybridized carbons (Fsp3) is 0.0508. The lowest BCUT2D eigenvalue weighted by atomic mass is 9.70. The van der Waals surface area contributed by atoms with Crippen molar-refractivity contribution in [2.45, 2.75) is 17.8 Å². The number of hydrogen-bond acceptors (Lipinski definition) is 1. The van der Waals surface area contributed by atoms with Gasteiger partial charge in [0.15, 0.2) is 0 Å². The van der Waals surface area contributed by atoms with E-state index < -0.39 is 10.8 Å². The molecule has 0 heterocycles. The van der Waals surface area contributed by atoms with Gasteiger partial charge in [-0.15, -0.1) is 0 Å². The predicted octanol–water partition coefficient (Wildman–Crippen LogP) is 14.9. The molecule has 1 heteroatoms. The van der Waals surface area contributed by atoms with E-state index in [1.807, 2.05) is 0 Å². The maximum atomic E-state index is 4.28. The van der Waals surface area contributed by atoms with E-state index in [0.717, 1.165) is 28.2 Å². The lowest BCUT2D eigenvalue weighted by Gasteiger charge is -2.33. The number of nitrogens with zero attached hydrogens (tertiary/aromatic N) is 1. The van der Waals surface area contributed by atoms with Gasteiger partial charge in [-0.2, -0.15) is 0 Å². The van der Waals surface area contributed by atoms with Crippen LogP contribution in [-0.2, 0) is 10.8 Å². The normalized spacial score (nSPS) is 14.4. The molecule has 280 valence electrons. The summed E-state index contributed by atoms with van der Waals surface area (Å²) in [5.41, 5.74) is 25.9. The van der Waals surface area contributed by atoms with Crippen LogP contribution in [0.2, 0.25) is 0 Å². The molecule has 2 spiro atoms. The zero-order chi connectivity index (χ0) is 39.7. The minimum atomic E-state index is -0.439. The topological polar surface area (TPSA) is 3.24 Å². The molecule has 0 saturated carbocycles. The highest BCUT2D eigenvalue weighted by molar-refractivity contribution is 5.98. The van der Waals surface area contributed by atoms with E-state index in [2.05, 4.69) is 225 Å². The van der Waals surface area contributed by atoms with Gasteiger partial charge in [0.2, 0.25) is 0 Å². The largest absolute Gasteiger partial charge is 0.310 e. The van der Waals surface area contributed by atoms with Crippen molar-refractivity contribution in [2.75, 3.05) is 4.90 Å². The van der Waals surface area contributed by atoms with E-state index in [9.17, 15) is 0 Å². The third-order valence-electron chi connectivity index (χ3n) is 14.1. The Morgan fingerprint density at radius 1 is 0.317 bits per heavy atom. The van der Waals surface area contributed by atoms with Gasteiger partial charge in [0, 0.05) is 17.1 Å². The number of anilines is 3. The molecule has 9 aromatic carbocycles. The molecule has 4 aliphatic rings. The van der Waals surface area contributed by atoms with Crippen LogP contribution in [0.5, 0.6) is 0 Å². The highest BCUT2D eigenvalue weighted by Gasteiger charge is 2.53. The van der Waals surface area contributed by atoms with Crippen molar-refractivity contribution in [1.82, 2.24) is 0 Å². The van der Waals surface area contributed by atoms with Gasteiger partial charge in [-0.1, -0.05) is 182 Å². The van der Waals surface area contributed by atoms with Crippen molar-refractivity contribution < 1.29 is 0 Å². The van der Waals surface area contributed by atoms with Crippen molar-refractivity contribution in [1.29, 1.82) is 0 Å². The fourth-order valence-corrected chi connectivity index (χ4v) is 11.8. The monoisotopic (exact) mass is 761 g/mol. The predicted molar refractivity (Wildman–Crippen MR) is 248 cm³/mol. The summed E-state index contributed by atoms with van der Waals surface area (Å²) in [6.07, 6.45) is 0. The van der Waals surface area contributed by atoms with E-state index in [1.165, 1.54) is 89.0 Å². The Hall–Kier alpha value is -7.48. The van der Waals surface area contributed by atoms with Gasteiger partial charge < -0.3 is 4.90 Å². The van der Waals surface area contributed by atoms with Crippen LogP contribution in [0.3, 0.4) is 0 Å². The molecule has 4 aliphatic carbocycles. The highest BCUT2D eigenvalue weighted by Crippen LogP contribution is 2.65. The van der Waals surface area contributed by atoms with Gasteiger partial charge in [0.25, 0.3) is 0 Å². The number of rotatable bonds is 4. The molecule has 0 amide bonds. The maximum Gasteiger partial charge on any atom is 0.0726 e. The van der Waals surface area contributed by atoms with Crippen molar-refractivity contribution in [3.63, 3.8) is 0 Å². The Bertz CT molecular complexity index is 2990. The lowest BCUT2D eigenvalue weighted by molar-refractivity contribution is 0.792. The second kappa shape index (κ2) is 12.0. The van der Waals surface area contributed by atoms with E-state index in [1.54, 1.807) is 0 Å². The third-order valence-corrected chi connectivity index (χ3v) is 14.1. The summed E-state index contributed by atoms with van der Waals surface area (Å²) in [6, 6.07) is 77.8.